The molecule has 1 saturated heterocycles. The minimum Gasteiger partial charge on any atom is -0.492 e. The Balaban J connectivity index is 1.85. The van der Waals surface area contributed by atoms with E-state index < -0.39 is 5.60 Å². The number of carbonyl (C=O) groups is 1. The van der Waals surface area contributed by atoms with Crippen LogP contribution in [0.15, 0.2) is 12.1 Å². The van der Waals surface area contributed by atoms with Gasteiger partial charge in [0.15, 0.2) is 0 Å². The topological polar surface area (TPSA) is 93.9 Å². The maximum atomic E-state index is 12.3. The summed E-state index contributed by atoms with van der Waals surface area (Å²) in [5.74, 6) is 0.686. The number of fused-ring (bicyclic) bond motifs is 2. The summed E-state index contributed by atoms with van der Waals surface area (Å²) in [5, 5.41) is 14.4. The average molecular weight is 363 g/mol. The molecule has 1 aromatic rings. The number of hydrogen-bond acceptors (Lipinski definition) is 6. The fraction of sp³-hybridized carbons (Fsp3) is 0.611. The summed E-state index contributed by atoms with van der Waals surface area (Å²) in [6.07, 6.45) is 1.03. The lowest BCUT2D eigenvalue weighted by atomic mass is 9.73. The smallest absolute Gasteiger partial charge is 0.410 e. The zero-order valence-corrected chi connectivity index (χ0v) is 15.6. The highest BCUT2D eigenvalue weighted by atomic mass is 16.6. The van der Waals surface area contributed by atoms with Crippen molar-refractivity contribution in [1.82, 2.24) is 4.90 Å². The van der Waals surface area contributed by atoms with Crippen LogP contribution < -0.4 is 10.1 Å². The number of rotatable bonds is 2. The molecular weight excluding hydrogens is 338 g/mol. The molecule has 1 fully saturated rings. The summed E-state index contributed by atoms with van der Waals surface area (Å²) in [6.45, 7) is 7.06. The van der Waals surface area contributed by atoms with E-state index in [0.29, 0.717) is 44.0 Å². The third kappa shape index (κ3) is 3.15. The van der Waals surface area contributed by atoms with Crippen LogP contribution in [0.2, 0.25) is 0 Å². The van der Waals surface area contributed by atoms with E-state index in [2.05, 4.69) is 5.32 Å². The van der Waals surface area contributed by atoms with Gasteiger partial charge in [0.1, 0.15) is 17.0 Å². The van der Waals surface area contributed by atoms with Crippen molar-refractivity contribution in [3.8, 4) is 5.75 Å². The quantitative estimate of drug-likeness (QED) is 0.640. The van der Waals surface area contributed by atoms with Crippen LogP contribution in [0.4, 0.5) is 16.2 Å². The molecule has 2 heterocycles. The zero-order chi connectivity index (χ0) is 19.1. The molecule has 0 radical (unpaired) electrons. The Kier molecular flexibility index (Phi) is 4.46. The molecule has 1 aromatic carbocycles. The van der Waals surface area contributed by atoms with Gasteiger partial charge in [0.25, 0.3) is 5.69 Å². The first-order valence-electron chi connectivity index (χ1n) is 8.77. The zero-order valence-electron chi connectivity index (χ0n) is 15.6. The number of benzene rings is 1. The van der Waals surface area contributed by atoms with E-state index in [1.807, 2.05) is 20.8 Å². The summed E-state index contributed by atoms with van der Waals surface area (Å²) in [4.78, 5) is 25.0. The highest BCUT2D eigenvalue weighted by Crippen LogP contribution is 2.51. The van der Waals surface area contributed by atoms with Crippen molar-refractivity contribution in [2.45, 2.75) is 44.6 Å². The molecule has 0 aliphatic carbocycles. The Morgan fingerprint density at radius 1 is 1.35 bits per heavy atom. The molecule has 142 valence electrons. The summed E-state index contributed by atoms with van der Waals surface area (Å²) in [5.41, 5.74) is 0.562. The minimum atomic E-state index is -0.533. The molecule has 1 spiro atoms. The second-order valence-corrected chi connectivity index (χ2v) is 7.88. The van der Waals surface area contributed by atoms with Crippen LogP contribution in [-0.2, 0) is 10.2 Å². The SMILES string of the molecule is CNc1c([N+](=O)[O-])ccc2c1C1(CCN(C(=O)OC(C)(C)C)CC1)CO2. The molecule has 0 unspecified atom stereocenters. The number of hydrogen-bond donors (Lipinski definition) is 1. The van der Waals surface area contributed by atoms with E-state index in [0.717, 1.165) is 5.56 Å². The molecule has 3 rings (SSSR count). The van der Waals surface area contributed by atoms with Gasteiger partial charge in [-0.3, -0.25) is 10.1 Å². The van der Waals surface area contributed by atoms with Gasteiger partial charge in [-0.1, -0.05) is 0 Å². The number of nitrogens with one attached hydrogen (secondary N) is 1. The van der Waals surface area contributed by atoms with Crippen molar-refractivity contribution >= 4 is 17.5 Å². The third-order valence-electron chi connectivity index (χ3n) is 5.00. The van der Waals surface area contributed by atoms with Gasteiger partial charge < -0.3 is 19.7 Å². The number of nitrogens with zero attached hydrogens (tertiary/aromatic N) is 2. The second-order valence-electron chi connectivity index (χ2n) is 7.88. The van der Waals surface area contributed by atoms with Crippen LogP contribution in [-0.4, -0.2) is 48.3 Å². The number of nitro benzene ring substituents is 1. The number of piperidine rings is 1. The predicted octanol–water partition coefficient (Wildman–Crippen LogP) is 3.30. The van der Waals surface area contributed by atoms with Crippen LogP contribution in [0.25, 0.3) is 0 Å². The Hall–Kier alpha value is -2.51. The molecule has 2 aliphatic rings. The Bertz CT molecular complexity index is 733. The molecule has 0 atom stereocenters. The summed E-state index contributed by atoms with van der Waals surface area (Å²) >= 11 is 0. The number of likely N-dealkylation sites (tertiary alicyclic amines) is 1. The Labute approximate surface area is 152 Å². The van der Waals surface area contributed by atoms with E-state index in [4.69, 9.17) is 9.47 Å². The van der Waals surface area contributed by atoms with E-state index in [1.54, 1.807) is 18.0 Å². The van der Waals surface area contributed by atoms with Gasteiger partial charge in [-0.05, 0) is 39.7 Å². The molecule has 8 heteroatoms. The molecule has 0 bridgehead atoms. The monoisotopic (exact) mass is 363 g/mol. The highest BCUT2D eigenvalue weighted by Gasteiger charge is 2.47. The number of amides is 1. The number of anilines is 1. The molecule has 1 N–H and O–H groups in total. The molecule has 1 amide bonds. The van der Waals surface area contributed by atoms with Crippen LogP contribution in [0.5, 0.6) is 5.75 Å². The minimum absolute atomic E-state index is 0.0469. The van der Waals surface area contributed by atoms with Crippen molar-refractivity contribution in [3.63, 3.8) is 0 Å². The van der Waals surface area contributed by atoms with E-state index >= 15 is 0 Å². The first-order valence-corrected chi connectivity index (χ1v) is 8.77. The molecular formula is C18H25N3O5. The number of nitro groups is 1. The molecule has 8 nitrogen and oxygen atoms in total. The van der Waals surface area contributed by atoms with E-state index in [9.17, 15) is 14.9 Å². The Morgan fingerprint density at radius 2 is 2.00 bits per heavy atom. The largest absolute Gasteiger partial charge is 0.492 e. The fourth-order valence-electron chi connectivity index (χ4n) is 3.75. The fourth-order valence-corrected chi connectivity index (χ4v) is 3.75. The summed E-state index contributed by atoms with van der Waals surface area (Å²) < 4.78 is 11.3. The third-order valence-corrected chi connectivity index (χ3v) is 5.00. The number of carbonyl (C=O) groups excluding carboxylic acids is 1. The standard InChI is InChI=1S/C18H25N3O5/c1-17(2,3)26-16(22)20-9-7-18(8-10-20)11-25-13-6-5-12(21(23)24)15(19-4)14(13)18/h5-6,19H,7-11H2,1-4H3. The van der Waals surface area contributed by atoms with Crippen molar-refractivity contribution < 1.29 is 19.2 Å². The van der Waals surface area contributed by atoms with Crippen molar-refractivity contribution in [2.24, 2.45) is 0 Å². The van der Waals surface area contributed by atoms with Gasteiger partial charge >= 0.3 is 6.09 Å². The van der Waals surface area contributed by atoms with Crippen LogP contribution in [0.1, 0.15) is 39.2 Å². The van der Waals surface area contributed by atoms with Crippen LogP contribution in [0, 0.1) is 10.1 Å². The van der Waals surface area contributed by atoms with Crippen molar-refractivity contribution in [1.29, 1.82) is 0 Å². The number of ether oxygens (including phenoxy) is 2. The molecule has 26 heavy (non-hydrogen) atoms. The normalized spacial score (nSPS) is 18.2. The first kappa shape index (κ1) is 18.3. The van der Waals surface area contributed by atoms with Gasteiger partial charge in [0.2, 0.25) is 0 Å². The lowest BCUT2D eigenvalue weighted by Gasteiger charge is -2.39. The molecule has 0 saturated carbocycles. The summed E-state index contributed by atoms with van der Waals surface area (Å²) in [7, 11) is 1.68. The predicted molar refractivity (Wildman–Crippen MR) is 96.9 cm³/mol. The maximum Gasteiger partial charge on any atom is 0.410 e. The van der Waals surface area contributed by atoms with Gasteiger partial charge in [-0.15, -0.1) is 0 Å². The summed E-state index contributed by atoms with van der Waals surface area (Å²) in [6, 6.07) is 3.14. The second kappa shape index (κ2) is 6.34. The maximum absolute atomic E-state index is 12.3. The van der Waals surface area contributed by atoms with Gasteiger partial charge in [0.05, 0.1) is 11.5 Å². The van der Waals surface area contributed by atoms with Crippen LogP contribution in [0.3, 0.4) is 0 Å². The van der Waals surface area contributed by atoms with E-state index in [-0.39, 0.29) is 22.1 Å². The lowest BCUT2D eigenvalue weighted by Crippen LogP contribution is -2.47. The molecule has 2 aliphatic heterocycles. The van der Waals surface area contributed by atoms with Crippen molar-refractivity contribution in [3.05, 3.63) is 27.8 Å². The van der Waals surface area contributed by atoms with E-state index in [1.165, 1.54) is 6.07 Å². The van der Waals surface area contributed by atoms with Gasteiger partial charge in [-0.2, -0.15) is 0 Å². The lowest BCUT2D eigenvalue weighted by molar-refractivity contribution is -0.384. The highest BCUT2D eigenvalue weighted by molar-refractivity contribution is 5.74. The Morgan fingerprint density at radius 3 is 2.54 bits per heavy atom. The van der Waals surface area contributed by atoms with Gasteiger partial charge in [-0.25, -0.2) is 4.79 Å². The van der Waals surface area contributed by atoms with Crippen molar-refractivity contribution in [2.75, 3.05) is 32.1 Å². The first-order chi connectivity index (χ1) is 12.2. The van der Waals surface area contributed by atoms with Crippen LogP contribution >= 0.6 is 0 Å². The average Bonchev–Trinajstić information content (AvgIpc) is 2.91. The van der Waals surface area contributed by atoms with Gasteiger partial charge in [0, 0.05) is 37.2 Å². The molecule has 0 aromatic heterocycles.